The molecule has 0 aromatic heterocycles. The number of hydrogen-bond donors (Lipinski definition) is 1. The van der Waals surface area contributed by atoms with E-state index in [0.717, 1.165) is 17.6 Å². The summed E-state index contributed by atoms with van der Waals surface area (Å²) in [7, 11) is 0. The Bertz CT molecular complexity index is 124. The van der Waals surface area contributed by atoms with E-state index < -0.39 is 0 Å². The van der Waals surface area contributed by atoms with Gasteiger partial charge in [-0.25, -0.2) is 0 Å². The zero-order chi connectivity index (χ0) is 11.7. The third kappa shape index (κ3) is 10.6. The fourth-order valence-corrected chi connectivity index (χ4v) is 2.14. The molecule has 2 heteroatoms. The summed E-state index contributed by atoms with van der Waals surface area (Å²) in [6.07, 6.45) is 3.93. The van der Waals surface area contributed by atoms with Gasteiger partial charge < -0.3 is 4.90 Å². The van der Waals surface area contributed by atoms with E-state index in [9.17, 15) is 0 Å². The van der Waals surface area contributed by atoms with Crippen LogP contribution in [0.25, 0.3) is 0 Å². The number of hydrogen-bond acceptors (Lipinski definition) is 2. The van der Waals surface area contributed by atoms with Crippen LogP contribution in [0.15, 0.2) is 0 Å². The number of thiol groups is 1. The lowest BCUT2D eigenvalue weighted by atomic mass is 10.1. The summed E-state index contributed by atoms with van der Waals surface area (Å²) in [6.45, 7) is 13.0. The van der Waals surface area contributed by atoms with E-state index in [4.69, 9.17) is 0 Å². The van der Waals surface area contributed by atoms with E-state index in [0.29, 0.717) is 0 Å². The topological polar surface area (TPSA) is 3.24 Å². The van der Waals surface area contributed by atoms with Crippen molar-refractivity contribution in [2.24, 2.45) is 11.8 Å². The van der Waals surface area contributed by atoms with Gasteiger partial charge in [0.25, 0.3) is 0 Å². The first kappa shape index (κ1) is 15.3. The lowest BCUT2D eigenvalue weighted by molar-refractivity contribution is 0.215. The quantitative estimate of drug-likeness (QED) is 0.468. The van der Waals surface area contributed by atoms with Crippen LogP contribution in [0.3, 0.4) is 0 Å². The van der Waals surface area contributed by atoms with Crippen molar-refractivity contribution in [1.82, 2.24) is 4.90 Å². The van der Waals surface area contributed by atoms with Crippen LogP contribution < -0.4 is 0 Å². The van der Waals surface area contributed by atoms with Crippen molar-refractivity contribution in [2.75, 3.05) is 25.4 Å². The average molecular weight is 231 g/mol. The van der Waals surface area contributed by atoms with Gasteiger partial charge in [0, 0.05) is 13.1 Å². The minimum Gasteiger partial charge on any atom is -0.303 e. The van der Waals surface area contributed by atoms with E-state index in [1.807, 2.05) is 0 Å². The number of nitrogens with zero attached hydrogens (tertiary/aromatic N) is 1. The molecule has 0 aliphatic heterocycles. The molecular formula is C13H29NS. The number of unbranched alkanes of at least 4 members (excludes halogenated alkanes) is 2. The van der Waals surface area contributed by atoms with Gasteiger partial charge >= 0.3 is 0 Å². The Kier molecular flexibility index (Phi) is 9.73. The molecule has 0 unspecified atom stereocenters. The predicted octanol–water partition coefficient (Wildman–Crippen LogP) is 3.70. The van der Waals surface area contributed by atoms with Gasteiger partial charge in [0.1, 0.15) is 0 Å². The highest BCUT2D eigenvalue weighted by atomic mass is 32.1. The molecule has 92 valence electrons. The Morgan fingerprint density at radius 2 is 1.40 bits per heavy atom. The lowest BCUT2D eigenvalue weighted by Gasteiger charge is -2.26. The maximum atomic E-state index is 4.24. The summed E-state index contributed by atoms with van der Waals surface area (Å²) < 4.78 is 0. The molecule has 0 atom stereocenters. The second-order valence-electron chi connectivity index (χ2n) is 5.33. The summed E-state index contributed by atoms with van der Waals surface area (Å²) in [4.78, 5) is 2.62. The van der Waals surface area contributed by atoms with Crippen molar-refractivity contribution in [3.63, 3.8) is 0 Å². The highest BCUT2D eigenvalue weighted by Crippen LogP contribution is 2.06. The van der Waals surface area contributed by atoms with Crippen molar-refractivity contribution >= 4 is 12.6 Å². The highest BCUT2D eigenvalue weighted by Gasteiger charge is 2.08. The van der Waals surface area contributed by atoms with Gasteiger partial charge in [-0.1, -0.05) is 34.1 Å². The third-order valence-electron chi connectivity index (χ3n) is 2.38. The Hall–Kier alpha value is 0.310. The van der Waals surface area contributed by atoms with Crippen LogP contribution in [-0.4, -0.2) is 30.3 Å². The second kappa shape index (κ2) is 9.53. The van der Waals surface area contributed by atoms with Crippen molar-refractivity contribution < 1.29 is 0 Å². The molecule has 0 amide bonds. The van der Waals surface area contributed by atoms with E-state index in [1.165, 1.54) is 38.9 Å². The molecule has 0 aromatic carbocycles. The minimum absolute atomic E-state index is 0.786. The molecule has 0 aliphatic carbocycles. The van der Waals surface area contributed by atoms with Gasteiger partial charge in [-0.05, 0) is 37.0 Å². The second-order valence-corrected chi connectivity index (χ2v) is 5.78. The van der Waals surface area contributed by atoms with Crippen molar-refractivity contribution in [2.45, 2.75) is 47.0 Å². The summed E-state index contributed by atoms with van der Waals surface area (Å²) >= 11 is 4.24. The summed E-state index contributed by atoms with van der Waals surface area (Å²) in [6, 6.07) is 0. The lowest BCUT2D eigenvalue weighted by Crippen LogP contribution is -2.32. The Morgan fingerprint density at radius 1 is 0.867 bits per heavy atom. The molecule has 15 heavy (non-hydrogen) atoms. The highest BCUT2D eigenvalue weighted by molar-refractivity contribution is 7.80. The molecule has 0 bridgehead atoms. The normalized spacial score (nSPS) is 12.0. The van der Waals surface area contributed by atoms with Gasteiger partial charge in [0.05, 0.1) is 0 Å². The molecule has 0 heterocycles. The van der Waals surface area contributed by atoms with E-state index >= 15 is 0 Å². The Balaban J connectivity index is 3.69. The van der Waals surface area contributed by atoms with Crippen molar-refractivity contribution in [1.29, 1.82) is 0 Å². The number of rotatable bonds is 9. The molecular weight excluding hydrogens is 202 g/mol. The van der Waals surface area contributed by atoms with E-state index in [1.54, 1.807) is 0 Å². The van der Waals surface area contributed by atoms with Crippen molar-refractivity contribution in [3.05, 3.63) is 0 Å². The molecule has 0 rings (SSSR count). The zero-order valence-electron chi connectivity index (χ0n) is 11.0. The zero-order valence-corrected chi connectivity index (χ0v) is 11.9. The van der Waals surface area contributed by atoms with Crippen molar-refractivity contribution in [3.8, 4) is 0 Å². The van der Waals surface area contributed by atoms with Crippen LogP contribution in [0.1, 0.15) is 47.0 Å². The molecule has 0 saturated heterocycles. The molecule has 0 aromatic rings. The van der Waals surface area contributed by atoms with Crippen LogP contribution in [0.4, 0.5) is 0 Å². The van der Waals surface area contributed by atoms with E-state index in [-0.39, 0.29) is 0 Å². The third-order valence-corrected chi connectivity index (χ3v) is 2.70. The Morgan fingerprint density at radius 3 is 1.80 bits per heavy atom. The van der Waals surface area contributed by atoms with Crippen LogP contribution in [-0.2, 0) is 0 Å². The first-order valence-corrected chi connectivity index (χ1v) is 7.02. The monoisotopic (exact) mass is 231 g/mol. The average Bonchev–Trinajstić information content (AvgIpc) is 2.10. The summed E-state index contributed by atoms with van der Waals surface area (Å²) in [5, 5.41) is 0. The van der Waals surface area contributed by atoms with Crippen LogP contribution in [0.5, 0.6) is 0 Å². The largest absolute Gasteiger partial charge is 0.303 e. The molecule has 0 spiro atoms. The van der Waals surface area contributed by atoms with Crippen LogP contribution in [0, 0.1) is 11.8 Å². The first-order valence-electron chi connectivity index (χ1n) is 6.39. The van der Waals surface area contributed by atoms with E-state index in [2.05, 4.69) is 45.2 Å². The summed E-state index contributed by atoms with van der Waals surface area (Å²) in [5.74, 6) is 2.61. The maximum Gasteiger partial charge on any atom is 0.000449 e. The smallest absolute Gasteiger partial charge is 0.000449 e. The van der Waals surface area contributed by atoms with Gasteiger partial charge in [-0.2, -0.15) is 12.6 Å². The van der Waals surface area contributed by atoms with Gasteiger partial charge in [-0.3, -0.25) is 0 Å². The molecule has 0 radical (unpaired) electrons. The van der Waals surface area contributed by atoms with Crippen LogP contribution in [0.2, 0.25) is 0 Å². The minimum atomic E-state index is 0.786. The predicted molar refractivity (Wildman–Crippen MR) is 73.8 cm³/mol. The SMILES string of the molecule is CC(C)CN(CCCCCS)CC(C)C. The maximum absolute atomic E-state index is 4.24. The van der Waals surface area contributed by atoms with Crippen LogP contribution >= 0.6 is 12.6 Å². The Labute approximate surface area is 102 Å². The standard InChI is InChI=1S/C13H29NS/c1-12(2)10-14(11-13(3)4)8-6-5-7-9-15/h12-13,15H,5-11H2,1-4H3. The fourth-order valence-electron chi connectivity index (χ4n) is 1.91. The molecule has 0 aliphatic rings. The first-order chi connectivity index (χ1) is 7.06. The van der Waals surface area contributed by atoms with Gasteiger partial charge in [0.2, 0.25) is 0 Å². The summed E-state index contributed by atoms with van der Waals surface area (Å²) in [5.41, 5.74) is 0. The molecule has 1 nitrogen and oxygen atoms in total. The molecule has 0 saturated carbocycles. The fraction of sp³-hybridized carbons (Fsp3) is 1.00. The van der Waals surface area contributed by atoms with Gasteiger partial charge in [0.15, 0.2) is 0 Å². The van der Waals surface area contributed by atoms with Gasteiger partial charge in [-0.15, -0.1) is 0 Å². The molecule has 0 N–H and O–H groups in total. The molecule has 0 fully saturated rings.